The van der Waals surface area contributed by atoms with Gasteiger partial charge in [0.15, 0.2) is 5.96 Å². The summed E-state index contributed by atoms with van der Waals surface area (Å²) in [4.78, 5) is 6.56. The first-order valence-electron chi connectivity index (χ1n) is 5.63. The van der Waals surface area contributed by atoms with Crippen molar-refractivity contribution < 1.29 is 0 Å². The third-order valence-corrected chi connectivity index (χ3v) is 3.87. The van der Waals surface area contributed by atoms with Crippen LogP contribution in [-0.2, 0) is 6.54 Å². The molecule has 0 aliphatic carbocycles. The monoisotopic (exact) mass is 269 g/mol. The second kappa shape index (κ2) is 6.17. The van der Waals surface area contributed by atoms with Gasteiger partial charge in [-0.3, -0.25) is 0 Å². The zero-order valence-electron chi connectivity index (χ0n) is 9.60. The van der Waals surface area contributed by atoms with E-state index in [2.05, 4.69) is 9.89 Å². The Balaban J connectivity index is 1.92. The van der Waals surface area contributed by atoms with E-state index in [0.717, 1.165) is 35.2 Å². The van der Waals surface area contributed by atoms with Gasteiger partial charge < -0.3 is 10.6 Å². The van der Waals surface area contributed by atoms with Gasteiger partial charge in [0.2, 0.25) is 0 Å². The molecule has 0 amide bonds. The molecule has 0 bridgehead atoms. The fourth-order valence-electron chi connectivity index (χ4n) is 1.65. The second-order valence-corrected chi connectivity index (χ2v) is 5.56. The van der Waals surface area contributed by atoms with Crippen molar-refractivity contribution in [1.82, 2.24) is 4.90 Å². The highest BCUT2D eigenvalue weighted by Crippen LogP contribution is 2.11. The summed E-state index contributed by atoms with van der Waals surface area (Å²) in [6, 6.07) is 7.70. The molecule has 17 heavy (non-hydrogen) atoms. The van der Waals surface area contributed by atoms with Crippen molar-refractivity contribution in [3.05, 3.63) is 34.9 Å². The van der Waals surface area contributed by atoms with E-state index in [4.69, 9.17) is 17.3 Å². The third-order valence-electron chi connectivity index (χ3n) is 2.67. The lowest BCUT2D eigenvalue weighted by molar-refractivity contribution is 0.455. The van der Waals surface area contributed by atoms with E-state index >= 15 is 0 Å². The first-order valence-corrected chi connectivity index (χ1v) is 7.16. The molecule has 1 heterocycles. The van der Waals surface area contributed by atoms with Gasteiger partial charge >= 0.3 is 0 Å². The average Bonchev–Trinajstić information content (AvgIpc) is 2.39. The Morgan fingerprint density at radius 1 is 1.29 bits per heavy atom. The molecule has 1 aliphatic rings. The van der Waals surface area contributed by atoms with Crippen molar-refractivity contribution in [1.29, 1.82) is 0 Å². The van der Waals surface area contributed by atoms with Gasteiger partial charge in [0.05, 0.1) is 6.54 Å². The number of nitrogens with two attached hydrogens (primary N) is 1. The van der Waals surface area contributed by atoms with Crippen molar-refractivity contribution in [2.75, 3.05) is 24.6 Å². The molecule has 1 saturated heterocycles. The van der Waals surface area contributed by atoms with Crippen LogP contribution in [0.4, 0.5) is 0 Å². The van der Waals surface area contributed by atoms with Gasteiger partial charge in [-0.15, -0.1) is 0 Å². The van der Waals surface area contributed by atoms with Crippen LogP contribution in [0, 0.1) is 0 Å². The molecule has 1 aliphatic heterocycles. The first-order chi connectivity index (χ1) is 8.25. The van der Waals surface area contributed by atoms with Crippen LogP contribution < -0.4 is 5.73 Å². The third kappa shape index (κ3) is 3.82. The molecular weight excluding hydrogens is 254 g/mol. The Bertz CT molecular complexity index is 385. The Hall–Kier alpha value is -0.870. The number of hydrogen-bond acceptors (Lipinski definition) is 2. The van der Waals surface area contributed by atoms with Crippen LogP contribution in [0.5, 0.6) is 0 Å². The summed E-state index contributed by atoms with van der Waals surface area (Å²) in [7, 11) is 0. The fourth-order valence-corrected chi connectivity index (χ4v) is 2.68. The predicted octanol–water partition coefficient (Wildman–Crippen LogP) is 2.20. The molecule has 0 unspecified atom stereocenters. The zero-order valence-corrected chi connectivity index (χ0v) is 11.2. The number of hydrogen-bond donors (Lipinski definition) is 1. The van der Waals surface area contributed by atoms with Gasteiger partial charge in [-0.05, 0) is 17.7 Å². The molecule has 2 N–H and O–H groups in total. The molecule has 0 atom stereocenters. The summed E-state index contributed by atoms with van der Waals surface area (Å²) in [5.74, 6) is 2.93. The second-order valence-electron chi connectivity index (χ2n) is 3.90. The Labute approximate surface area is 111 Å². The molecule has 1 aromatic rings. The average molecular weight is 270 g/mol. The summed E-state index contributed by atoms with van der Waals surface area (Å²) < 4.78 is 0. The molecule has 92 valence electrons. The summed E-state index contributed by atoms with van der Waals surface area (Å²) in [6.07, 6.45) is 0. The number of rotatable bonds is 2. The maximum Gasteiger partial charge on any atom is 0.191 e. The van der Waals surface area contributed by atoms with E-state index < -0.39 is 0 Å². The van der Waals surface area contributed by atoms with Crippen molar-refractivity contribution >= 4 is 29.3 Å². The van der Waals surface area contributed by atoms with E-state index in [1.807, 2.05) is 36.0 Å². The Morgan fingerprint density at radius 2 is 1.94 bits per heavy atom. The van der Waals surface area contributed by atoms with E-state index in [0.29, 0.717) is 12.5 Å². The molecule has 3 nitrogen and oxygen atoms in total. The number of guanidine groups is 1. The van der Waals surface area contributed by atoms with Gasteiger partial charge in [-0.25, -0.2) is 4.99 Å². The zero-order chi connectivity index (χ0) is 12.1. The van der Waals surface area contributed by atoms with Crippen LogP contribution in [0.3, 0.4) is 0 Å². The van der Waals surface area contributed by atoms with E-state index in [1.165, 1.54) is 0 Å². The van der Waals surface area contributed by atoms with Crippen LogP contribution in [-0.4, -0.2) is 35.5 Å². The lowest BCUT2D eigenvalue weighted by Gasteiger charge is -2.27. The van der Waals surface area contributed by atoms with Gasteiger partial charge in [0.25, 0.3) is 0 Å². The van der Waals surface area contributed by atoms with Gasteiger partial charge in [-0.1, -0.05) is 23.7 Å². The summed E-state index contributed by atoms with van der Waals surface area (Å²) in [5.41, 5.74) is 7.10. The Morgan fingerprint density at radius 3 is 2.59 bits per heavy atom. The number of benzene rings is 1. The summed E-state index contributed by atoms with van der Waals surface area (Å²) in [6.45, 7) is 2.62. The topological polar surface area (TPSA) is 41.6 Å². The maximum atomic E-state index is 5.97. The number of halogens is 1. The molecule has 0 aromatic heterocycles. The largest absolute Gasteiger partial charge is 0.370 e. The van der Waals surface area contributed by atoms with Crippen LogP contribution >= 0.6 is 23.4 Å². The fraction of sp³-hybridized carbons (Fsp3) is 0.417. The van der Waals surface area contributed by atoms with Crippen molar-refractivity contribution in [3.63, 3.8) is 0 Å². The van der Waals surface area contributed by atoms with E-state index in [9.17, 15) is 0 Å². The van der Waals surface area contributed by atoms with Crippen LogP contribution in [0.25, 0.3) is 0 Å². The highest BCUT2D eigenvalue weighted by atomic mass is 35.5. The van der Waals surface area contributed by atoms with Crippen molar-refractivity contribution in [3.8, 4) is 0 Å². The standard InChI is InChI=1S/C12H16ClN3S/c13-11-3-1-10(2-4-11)9-15-12(14)16-5-7-17-8-6-16/h1-4H,5-9H2,(H2,14,15). The molecular formula is C12H16ClN3S. The van der Waals surface area contributed by atoms with E-state index in [-0.39, 0.29) is 0 Å². The highest BCUT2D eigenvalue weighted by Gasteiger charge is 2.11. The number of thioether (sulfide) groups is 1. The van der Waals surface area contributed by atoms with Crippen LogP contribution in [0.15, 0.2) is 29.3 Å². The SMILES string of the molecule is NC(=NCc1ccc(Cl)cc1)N1CCSCC1. The number of nitrogens with zero attached hydrogens (tertiary/aromatic N) is 2. The molecule has 1 aromatic carbocycles. The van der Waals surface area contributed by atoms with Crippen molar-refractivity contribution in [2.24, 2.45) is 10.7 Å². The Kier molecular flexibility index (Phi) is 4.57. The molecule has 0 radical (unpaired) electrons. The van der Waals surface area contributed by atoms with Gasteiger partial charge in [0, 0.05) is 29.6 Å². The van der Waals surface area contributed by atoms with Crippen LogP contribution in [0.1, 0.15) is 5.56 Å². The quantitative estimate of drug-likeness (QED) is 0.661. The van der Waals surface area contributed by atoms with Gasteiger partial charge in [-0.2, -0.15) is 11.8 Å². The highest BCUT2D eigenvalue weighted by molar-refractivity contribution is 7.99. The molecule has 0 saturated carbocycles. The molecule has 1 fully saturated rings. The van der Waals surface area contributed by atoms with E-state index in [1.54, 1.807) is 0 Å². The smallest absolute Gasteiger partial charge is 0.191 e. The number of aliphatic imine (C=N–C) groups is 1. The minimum absolute atomic E-state index is 0.618. The molecule has 5 heteroatoms. The van der Waals surface area contributed by atoms with Crippen LogP contribution in [0.2, 0.25) is 5.02 Å². The summed E-state index contributed by atoms with van der Waals surface area (Å²) >= 11 is 7.79. The lowest BCUT2D eigenvalue weighted by atomic mass is 10.2. The minimum Gasteiger partial charge on any atom is -0.370 e. The summed E-state index contributed by atoms with van der Waals surface area (Å²) in [5, 5.41) is 0.749. The molecule has 0 spiro atoms. The maximum absolute atomic E-state index is 5.97. The first kappa shape index (κ1) is 12.6. The minimum atomic E-state index is 0.618. The normalized spacial score (nSPS) is 17.2. The molecule has 2 rings (SSSR count). The van der Waals surface area contributed by atoms with Gasteiger partial charge in [0.1, 0.15) is 0 Å². The predicted molar refractivity (Wildman–Crippen MR) is 75.7 cm³/mol. The van der Waals surface area contributed by atoms with Crippen molar-refractivity contribution in [2.45, 2.75) is 6.54 Å². The lowest BCUT2D eigenvalue weighted by Crippen LogP contribution is -2.42.